The van der Waals surface area contributed by atoms with Crippen LogP contribution in [0.2, 0.25) is 0 Å². The number of amides is 1. The number of carbonyl (C=O) groups is 1. The second-order valence-corrected chi connectivity index (χ2v) is 5.01. The summed E-state index contributed by atoms with van der Waals surface area (Å²) in [5, 5.41) is 5.18. The first-order chi connectivity index (χ1) is 7.71. The van der Waals surface area contributed by atoms with E-state index in [1.807, 2.05) is 26.1 Å². The lowest BCUT2D eigenvalue weighted by Gasteiger charge is -2.38. The number of carbonyl (C=O) groups excluding carboxylic acids is 1. The summed E-state index contributed by atoms with van der Waals surface area (Å²) >= 11 is 0. The Bertz CT molecular complexity index is 278. The lowest BCUT2D eigenvalue weighted by molar-refractivity contribution is -0.174. The van der Waals surface area contributed by atoms with Crippen LogP contribution in [0.4, 0.5) is 13.2 Å². The zero-order valence-corrected chi connectivity index (χ0v) is 10.3. The number of halogens is 3. The summed E-state index contributed by atoms with van der Waals surface area (Å²) in [5.74, 6) is -1.19. The van der Waals surface area contributed by atoms with Gasteiger partial charge >= 0.3 is 12.1 Å². The zero-order valence-electron chi connectivity index (χ0n) is 10.3. The van der Waals surface area contributed by atoms with Gasteiger partial charge in [0.2, 0.25) is 0 Å². The Labute approximate surface area is 99.1 Å². The normalized spacial score (nSPS) is 30.4. The standard InChI is InChI=1S/C11H19F3N2O/c1-6(2)9-4-8(5-15-7(9)3)16-10(17)11(12,13)14/h6-9,15H,4-5H2,1-3H3,(H,16,17). The Balaban J connectivity index is 2.54. The number of alkyl halides is 3. The van der Waals surface area contributed by atoms with Gasteiger partial charge in [-0.15, -0.1) is 0 Å². The predicted molar refractivity (Wildman–Crippen MR) is 58.4 cm³/mol. The SMILES string of the molecule is CC(C)C1CC(NC(=O)C(F)(F)F)CNC1C. The van der Waals surface area contributed by atoms with Crippen LogP contribution < -0.4 is 10.6 Å². The topological polar surface area (TPSA) is 41.1 Å². The maximum atomic E-state index is 12.1. The van der Waals surface area contributed by atoms with Gasteiger partial charge in [0.15, 0.2) is 0 Å². The molecule has 6 heteroatoms. The second-order valence-electron chi connectivity index (χ2n) is 5.01. The molecule has 3 nitrogen and oxygen atoms in total. The zero-order chi connectivity index (χ0) is 13.2. The van der Waals surface area contributed by atoms with Crippen molar-refractivity contribution in [2.24, 2.45) is 11.8 Å². The van der Waals surface area contributed by atoms with Crippen molar-refractivity contribution < 1.29 is 18.0 Å². The number of piperidine rings is 1. The predicted octanol–water partition coefficient (Wildman–Crippen LogP) is 1.69. The van der Waals surface area contributed by atoms with Crippen molar-refractivity contribution in [2.75, 3.05) is 6.54 Å². The summed E-state index contributed by atoms with van der Waals surface area (Å²) in [5.41, 5.74) is 0. The van der Waals surface area contributed by atoms with Gasteiger partial charge in [0, 0.05) is 18.6 Å². The molecule has 1 aliphatic heterocycles. The third-order valence-corrected chi connectivity index (χ3v) is 3.33. The molecule has 100 valence electrons. The van der Waals surface area contributed by atoms with Crippen LogP contribution in [0.5, 0.6) is 0 Å². The van der Waals surface area contributed by atoms with E-state index in [1.165, 1.54) is 0 Å². The van der Waals surface area contributed by atoms with Gasteiger partial charge < -0.3 is 10.6 Å². The average Bonchev–Trinajstić information content (AvgIpc) is 2.19. The summed E-state index contributed by atoms with van der Waals surface area (Å²) in [7, 11) is 0. The van der Waals surface area contributed by atoms with Crippen LogP contribution in [0, 0.1) is 11.8 Å². The average molecular weight is 252 g/mol. The number of nitrogens with one attached hydrogen (secondary N) is 2. The number of rotatable bonds is 2. The minimum atomic E-state index is -4.80. The molecule has 0 bridgehead atoms. The summed E-state index contributed by atoms with van der Waals surface area (Å²) in [6, 6.07) is -0.165. The van der Waals surface area contributed by atoms with Gasteiger partial charge in [0.05, 0.1) is 0 Å². The molecule has 17 heavy (non-hydrogen) atoms. The van der Waals surface area contributed by atoms with Crippen LogP contribution in [0.3, 0.4) is 0 Å². The van der Waals surface area contributed by atoms with Crippen LogP contribution in [0.25, 0.3) is 0 Å². The summed E-state index contributed by atoms with van der Waals surface area (Å²) in [6.07, 6.45) is -4.20. The van der Waals surface area contributed by atoms with Crippen LogP contribution in [0.1, 0.15) is 27.2 Å². The monoisotopic (exact) mass is 252 g/mol. The molecule has 0 aromatic heterocycles. The minimum Gasteiger partial charge on any atom is -0.344 e. The Morgan fingerprint density at radius 1 is 1.41 bits per heavy atom. The second kappa shape index (κ2) is 5.25. The van der Waals surface area contributed by atoms with Gasteiger partial charge in [-0.1, -0.05) is 13.8 Å². The van der Waals surface area contributed by atoms with Crippen molar-refractivity contribution in [3.05, 3.63) is 0 Å². The first-order valence-electron chi connectivity index (χ1n) is 5.83. The van der Waals surface area contributed by atoms with E-state index in [4.69, 9.17) is 0 Å². The Morgan fingerprint density at radius 3 is 2.47 bits per heavy atom. The van der Waals surface area contributed by atoms with Gasteiger partial charge in [0.1, 0.15) is 0 Å². The fraction of sp³-hybridized carbons (Fsp3) is 0.909. The van der Waals surface area contributed by atoms with E-state index in [-0.39, 0.29) is 12.0 Å². The molecular formula is C11H19F3N2O. The molecule has 1 fully saturated rings. The Kier molecular flexibility index (Phi) is 4.41. The molecule has 3 unspecified atom stereocenters. The van der Waals surface area contributed by atoms with Crippen molar-refractivity contribution in [2.45, 2.75) is 45.5 Å². The van der Waals surface area contributed by atoms with E-state index in [0.717, 1.165) is 0 Å². The van der Waals surface area contributed by atoms with E-state index >= 15 is 0 Å². The Morgan fingerprint density at radius 2 is 2.00 bits per heavy atom. The van der Waals surface area contributed by atoms with Crippen molar-refractivity contribution in [1.82, 2.24) is 10.6 Å². The van der Waals surface area contributed by atoms with Crippen molar-refractivity contribution in [3.8, 4) is 0 Å². The molecule has 0 aromatic rings. The maximum absolute atomic E-state index is 12.1. The molecule has 0 radical (unpaired) electrons. The van der Waals surface area contributed by atoms with E-state index in [0.29, 0.717) is 18.9 Å². The summed E-state index contributed by atoms with van der Waals surface area (Å²) in [4.78, 5) is 10.8. The first-order valence-corrected chi connectivity index (χ1v) is 5.83. The molecule has 1 rings (SSSR count). The molecule has 0 aliphatic carbocycles. The molecule has 1 amide bonds. The smallest absolute Gasteiger partial charge is 0.344 e. The minimum absolute atomic E-state index is 0.272. The Hall–Kier alpha value is -0.780. The summed E-state index contributed by atoms with van der Waals surface area (Å²) in [6.45, 7) is 6.49. The molecule has 0 aromatic carbocycles. The molecule has 0 saturated carbocycles. The highest BCUT2D eigenvalue weighted by molar-refractivity contribution is 5.81. The largest absolute Gasteiger partial charge is 0.471 e. The lowest BCUT2D eigenvalue weighted by atomic mass is 9.81. The van der Waals surface area contributed by atoms with Crippen molar-refractivity contribution in [3.63, 3.8) is 0 Å². The van der Waals surface area contributed by atoms with Crippen LogP contribution in [0.15, 0.2) is 0 Å². The highest BCUT2D eigenvalue weighted by Gasteiger charge is 2.41. The van der Waals surface area contributed by atoms with Crippen LogP contribution in [-0.4, -0.2) is 30.7 Å². The van der Waals surface area contributed by atoms with Crippen molar-refractivity contribution >= 4 is 5.91 Å². The summed E-state index contributed by atoms with van der Waals surface area (Å²) < 4.78 is 36.3. The molecule has 1 aliphatic rings. The third kappa shape index (κ3) is 3.87. The van der Waals surface area contributed by atoms with Gasteiger partial charge in [-0.2, -0.15) is 13.2 Å². The van der Waals surface area contributed by atoms with Crippen molar-refractivity contribution in [1.29, 1.82) is 0 Å². The fourth-order valence-corrected chi connectivity index (χ4v) is 2.32. The van der Waals surface area contributed by atoms with Crippen LogP contribution >= 0.6 is 0 Å². The third-order valence-electron chi connectivity index (χ3n) is 3.33. The van der Waals surface area contributed by atoms with E-state index in [9.17, 15) is 18.0 Å². The highest BCUT2D eigenvalue weighted by Crippen LogP contribution is 2.25. The van der Waals surface area contributed by atoms with Gasteiger partial charge in [-0.05, 0) is 25.2 Å². The highest BCUT2D eigenvalue weighted by atomic mass is 19.4. The lowest BCUT2D eigenvalue weighted by Crippen LogP contribution is -2.55. The fourth-order valence-electron chi connectivity index (χ4n) is 2.32. The van der Waals surface area contributed by atoms with Gasteiger partial charge in [-0.25, -0.2) is 0 Å². The maximum Gasteiger partial charge on any atom is 0.471 e. The molecule has 2 N–H and O–H groups in total. The number of hydrogen-bond acceptors (Lipinski definition) is 2. The van der Waals surface area contributed by atoms with Gasteiger partial charge in [0.25, 0.3) is 0 Å². The molecule has 0 spiro atoms. The molecule has 1 saturated heterocycles. The van der Waals surface area contributed by atoms with E-state index in [1.54, 1.807) is 0 Å². The molecule has 3 atom stereocenters. The van der Waals surface area contributed by atoms with E-state index in [2.05, 4.69) is 5.32 Å². The van der Waals surface area contributed by atoms with E-state index < -0.39 is 18.1 Å². The molecule has 1 heterocycles. The van der Waals surface area contributed by atoms with Gasteiger partial charge in [-0.3, -0.25) is 4.79 Å². The van der Waals surface area contributed by atoms with Crippen LogP contribution in [-0.2, 0) is 4.79 Å². The quantitative estimate of drug-likeness (QED) is 0.785. The number of hydrogen-bond donors (Lipinski definition) is 2. The first kappa shape index (κ1) is 14.3. The molecular weight excluding hydrogens is 233 g/mol.